The van der Waals surface area contributed by atoms with Crippen LogP contribution in [0.5, 0.6) is 5.75 Å². The molecule has 3 aromatic carbocycles. The van der Waals surface area contributed by atoms with Crippen LogP contribution in [-0.2, 0) is 0 Å². The second kappa shape index (κ2) is 5.69. The van der Waals surface area contributed by atoms with Gasteiger partial charge in [0.1, 0.15) is 5.75 Å². The zero-order valence-electron chi connectivity index (χ0n) is 11.5. The molecular formula is C17H13BrN2O2. The molecule has 0 aromatic heterocycles. The number of benzene rings is 3. The lowest BCUT2D eigenvalue weighted by molar-refractivity contribution is 0.259. The van der Waals surface area contributed by atoms with E-state index in [1.807, 2.05) is 36.4 Å². The molecule has 4 N–H and O–H groups in total. The molecule has 0 radical (unpaired) electrons. The fraction of sp³-hybridized carbons (Fsp3) is 0. The summed E-state index contributed by atoms with van der Waals surface area (Å²) in [5.74, 6) is 0.177. The first-order chi connectivity index (χ1) is 10.6. The average Bonchev–Trinajstić information content (AvgIpc) is 2.50. The van der Waals surface area contributed by atoms with E-state index in [-0.39, 0.29) is 5.75 Å². The molecule has 0 fully saturated rings. The largest absolute Gasteiger partial charge is 0.507 e. The number of phenolic OH excluding ortho intramolecular Hbond substituents is 1. The van der Waals surface area contributed by atoms with Crippen molar-refractivity contribution >= 4 is 38.4 Å². The van der Waals surface area contributed by atoms with Crippen LogP contribution in [0.3, 0.4) is 0 Å². The average molecular weight is 357 g/mol. The number of nitrogens with one attached hydrogen (secondary N) is 1. The zero-order valence-corrected chi connectivity index (χ0v) is 13.1. The summed E-state index contributed by atoms with van der Waals surface area (Å²) >= 11 is 3.48. The van der Waals surface area contributed by atoms with Crippen molar-refractivity contribution < 1.29 is 9.90 Å². The molecule has 110 valence electrons. The van der Waals surface area contributed by atoms with Crippen LogP contribution in [0.2, 0.25) is 0 Å². The van der Waals surface area contributed by atoms with Crippen LogP contribution >= 0.6 is 15.9 Å². The number of carbonyl (C=O) groups is 1. The molecular weight excluding hydrogens is 344 g/mol. The Morgan fingerprint density at radius 1 is 1.05 bits per heavy atom. The number of hydrogen-bond acceptors (Lipinski definition) is 2. The highest BCUT2D eigenvalue weighted by molar-refractivity contribution is 9.10. The number of fused-ring (bicyclic) bond motifs is 1. The van der Waals surface area contributed by atoms with Crippen molar-refractivity contribution in [2.75, 3.05) is 5.32 Å². The van der Waals surface area contributed by atoms with Gasteiger partial charge in [0, 0.05) is 15.6 Å². The zero-order chi connectivity index (χ0) is 15.7. The number of halogens is 1. The number of amides is 2. The lowest BCUT2D eigenvalue weighted by atomic mass is 9.97. The fourth-order valence-electron chi connectivity index (χ4n) is 2.50. The number of carbonyl (C=O) groups excluding carboxylic acids is 1. The SMILES string of the molecule is NC(=O)Nc1cccc(-c2c(O)ccc3ccccc23)c1Br. The molecule has 0 heterocycles. The minimum absolute atomic E-state index is 0.177. The predicted octanol–water partition coefficient (Wildman–Crippen LogP) is 4.47. The molecule has 2 amide bonds. The van der Waals surface area contributed by atoms with Gasteiger partial charge in [0.2, 0.25) is 0 Å². The van der Waals surface area contributed by atoms with Crippen LogP contribution in [-0.4, -0.2) is 11.1 Å². The van der Waals surface area contributed by atoms with E-state index in [0.29, 0.717) is 15.7 Å². The van der Waals surface area contributed by atoms with Crippen molar-refractivity contribution in [1.82, 2.24) is 0 Å². The Labute approximate surface area is 135 Å². The molecule has 3 aromatic rings. The van der Waals surface area contributed by atoms with Gasteiger partial charge in [0.25, 0.3) is 0 Å². The van der Waals surface area contributed by atoms with E-state index in [9.17, 15) is 9.90 Å². The molecule has 0 aliphatic rings. The van der Waals surface area contributed by atoms with Gasteiger partial charge in [-0.25, -0.2) is 4.79 Å². The predicted molar refractivity (Wildman–Crippen MR) is 92.0 cm³/mol. The van der Waals surface area contributed by atoms with E-state index in [2.05, 4.69) is 21.2 Å². The lowest BCUT2D eigenvalue weighted by Crippen LogP contribution is -2.19. The Hall–Kier alpha value is -2.53. The maximum atomic E-state index is 11.1. The molecule has 22 heavy (non-hydrogen) atoms. The summed E-state index contributed by atoms with van der Waals surface area (Å²) in [5.41, 5.74) is 7.22. The summed E-state index contributed by atoms with van der Waals surface area (Å²) < 4.78 is 0.667. The highest BCUT2D eigenvalue weighted by Gasteiger charge is 2.14. The molecule has 4 nitrogen and oxygen atoms in total. The van der Waals surface area contributed by atoms with Gasteiger partial charge in [-0.15, -0.1) is 0 Å². The summed E-state index contributed by atoms with van der Waals surface area (Å²) in [5, 5.41) is 14.8. The van der Waals surface area contributed by atoms with Gasteiger partial charge in [-0.05, 0) is 38.8 Å². The van der Waals surface area contributed by atoms with E-state index >= 15 is 0 Å². The Balaban J connectivity index is 2.28. The fourth-order valence-corrected chi connectivity index (χ4v) is 3.06. The molecule has 0 aliphatic heterocycles. The van der Waals surface area contributed by atoms with Gasteiger partial charge in [0.05, 0.1) is 5.69 Å². The van der Waals surface area contributed by atoms with Crippen LogP contribution in [0.15, 0.2) is 59.1 Å². The normalized spacial score (nSPS) is 10.6. The quantitative estimate of drug-likeness (QED) is 0.633. The van der Waals surface area contributed by atoms with Crippen molar-refractivity contribution in [2.45, 2.75) is 0 Å². The first kappa shape index (κ1) is 14.4. The molecule has 0 saturated carbocycles. The van der Waals surface area contributed by atoms with Crippen LogP contribution in [0.1, 0.15) is 0 Å². The second-order valence-electron chi connectivity index (χ2n) is 4.84. The third-order valence-corrected chi connectivity index (χ3v) is 4.29. The Kier molecular flexibility index (Phi) is 3.73. The third kappa shape index (κ3) is 2.51. The van der Waals surface area contributed by atoms with E-state index in [1.165, 1.54) is 0 Å². The molecule has 0 bridgehead atoms. The molecule has 3 rings (SSSR count). The minimum Gasteiger partial charge on any atom is -0.507 e. The molecule has 0 saturated heterocycles. The molecule has 0 aliphatic carbocycles. The van der Waals surface area contributed by atoms with Crippen molar-refractivity contribution in [3.63, 3.8) is 0 Å². The van der Waals surface area contributed by atoms with Gasteiger partial charge in [-0.1, -0.05) is 42.5 Å². The van der Waals surface area contributed by atoms with Crippen LogP contribution < -0.4 is 11.1 Å². The smallest absolute Gasteiger partial charge is 0.316 e. The van der Waals surface area contributed by atoms with Crippen LogP contribution in [0.4, 0.5) is 10.5 Å². The van der Waals surface area contributed by atoms with Gasteiger partial charge >= 0.3 is 6.03 Å². The van der Waals surface area contributed by atoms with E-state index in [1.54, 1.807) is 18.2 Å². The number of rotatable bonds is 2. The summed E-state index contributed by atoms with van der Waals surface area (Å²) in [4.78, 5) is 11.1. The van der Waals surface area contributed by atoms with Crippen molar-refractivity contribution in [3.05, 3.63) is 59.1 Å². The van der Waals surface area contributed by atoms with E-state index < -0.39 is 6.03 Å². The van der Waals surface area contributed by atoms with Crippen molar-refractivity contribution in [3.8, 4) is 16.9 Å². The van der Waals surface area contributed by atoms with Gasteiger partial charge in [-0.2, -0.15) is 0 Å². The monoisotopic (exact) mass is 356 g/mol. The number of aromatic hydroxyl groups is 1. The van der Waals surface area contributed by atoms with Crippen molar-refractivity contribution in [2.24, 2.45) is 5.73 Å². The van der Waals surface area contributed by atoms with Gasteiger partial charge < -0.3 is 16.2 Å². The Morgan fingerprint density at radius 3 is 2.59 bits per heavy atom. The van der Waals surface area contributed by atoms with Crippen molar-refractivity contribution in [1.29, 1.82) is 0 Å². The Morgan fingerprint density at radius 2 is 1.82 bits per heavy atom. The minimum atomic E-state index is -0.639. The van der Waals surface area contributed by atoms with Crippen LogP contribution in [0.25, 0.3) is 21.9 Å². The lowest BCUT2D eigenvalue weighted by Gasteiger charge is -2.14. The number of anilines is 1. The topological polar surface area (TPSA) is 75.4 Å². The third-order valence-electron chi connectivity index (χ3n) is 3.43. The standard InChI is InChI=1S/C17H13BrN2O2/c18-16-12(6-3-7-13(16)20-17(19)22)15-11-5-2-1-4-10(11)8-9-14(15)21/h1-9,21H,(H3,19,20,22). The summed E-state index contributed by atoms with van der Waals surface area (Å²) in [6, 6.07) is 16.1. The van der Waals surface area contributed by atoms with E-state index in [0.717, 1.165) is 16.3 Å². The maximum absolute atomic E-state index is 11.1. The summed E-state index contributed by atoms with van der Waals surface area (Å²) in [6.07, 6.45) is 0. The maximum Gasteiger partial charge on any atom is 0.316 e. The molecule has 0 spiro atoms. The summed E-state index contributed by atoms with van der Waals surface area (Å²) in [7, 11) is 0. The highest BCUT2D eigenvalue weighted by atomic mass is 79.9. The molecule has 0 atom stereocenters. The van der Waals surface area contributed by atoms with Crippen LogP contribution in [0, 0.1) is 0 Å². The molecule has 5 heteroatoms. The van der Waals surface area contributed by atoms with Gasteiger partial charge in [0.15, 0.2) is 0 Å². The summed E-state index contributed by atoms with van der Waals surface area (Å²) in [6.45, 7) is 0. The van der Waals surface area contributed by atoms with E-state index in [4.69, 9.17) is 5.73 Å². The molecule has 0 unspecified atom stereocenters. The van der Waals surface area contributed by atoms with Gasteiger partial charge in [-0.3, -0.25) is 0 Å². The number of primary amides is 1. The number of urea groups is 1. The number of nitrogens with two attached hydrogens (primary N) is 1. The highest BCUT2D eigenvalue weighted by Crippen LogP contribution is 2.42. The second-order valence-corrected chi connectivity index (χ2v) is 5.63. The number of phenols is 1. The first-order valence-electron chi connectivity index (χ1n) is 6.64. The first-order valence-corrected chi connectivity index (χ1v) is 7.43. The number of hydrogen-bond donors (Lipinski definition) is 3. The Bertz CT molecular complexity index is 878.